The molecule has 0 bridgehead atoms. The monoisotopic (exact) mass is 489 g/mol. The van der Waals surface area contributed by atoms with Gasteiger partial charge in [0.25, 0.3) is 17.0 Å². The fourth-order valence-electron chi connectivity index (χ4n) is 3.26. The highest BCUT2D eigenvalue weighted by Gasteiger charge is 2.43. The summed E-state index contributed by atoms with van der Waals surface area (Å²) < 4.78 is 40.2. The standard InChI is InChI=1S/C22H18F3N5O5/c23-22(24,25)19(32)17(10-13-4-2-1-3-5-13)28-18(31)12-29-20(27-11-16(26)21(29)33)14-6-8-15(9-7-14)30(34)35/h1-9,11,17H,10,12,26H2,(H,28,31). The van der Waals surface area contributed by atoms with E-state index in [1.54, 1.807) is 18.2 Å². The van der Waals surface area contributed by atoms with Crippen LogP contribution < -0.4 is 16.6 Å². The molecule has 1 atom stereocenters. The quantitative estimate of drug-likeness (QED) is 0.364. The van der Waals surface area contributed by atoms with Gasteiger partial charge in [0, 0.05) is 24.1 Å². The second-order valence-corrected chi connectivity index (χ2v) is 7.40. The number of aromatic nitrogens is 2. The molecule has 0 radical (unpaired) electrons. The highest BCUT2D eigenvalue weighted by Crippen LogP contribution is 2.22. The predicted octanol–water partition coefficient (Wildman–Crippen LogP) is 2.26. The maximum absolute atomic E-state index is 13.1. The van der Waals surface area contributed by atoms with Crippen LogP contribution in [0.4, 0.5) is 24.5 Å². The van der Waals surface area contributed by atoms with Gasteiger partial charge in [0.1, 0.15) is 24.1 Å². The Bertz CT molecular complexity index is 1310. The van der Waals surface area contributed by atoms with Crippen molar-refractivity contribution >= 4 is 23.1 Å². The Morgan fingerprint density at radius 2 is 1.74 bits per heavy atom. The smallest absolute Gasteiger partial charge is 0.393 e. The number of Topliss-reactive ketones (excluding diaryl/α,β-unsaturated/α-hetero) is 1. The lowest BCUT2D eigenvalue weighted by atomic mass is 10.0. The van der Waals surface area contributed by atoms with Gasteiger partial charge in [-0.05, 0) is 17.7 Å². The van der Waals surface area contributed by atoms with E-state index in [0.717, 1.165) is 22.9 Å². The maximum Gasteiger partial charge on any atom is 0.452 e. The number of nitrogens with two attached hydrogens (primary N) is 1. The number of non-ortho nitro benzene ring substituents is 1. The SMILES string of the molecule is Nc1cnc(-c2ccc([N+](=O)[O-])cc2)n(CC(=O)NC(Cc2ccccc2)C(=O)C(F)(F)F)c1=O. The molecule has 1 amide bonds. The summed E-state index contributed by atoms with van der Waals surface area (Å²) in [6, 6.07) is 10.7. The Hall–Kier alpha value is -4.55. The number of benzene rings is 2. The minimum Gasteiger partial charge on any atom is -0.393 e. The summed E-state index contributed by atoms with van der Waals surface area (Å²) in [5.41, 5.74) is 4.77. The van der Waals surface area contributed by atoms with E-state index < -0.39 is 47.4 Å². The first-order valence-corrected chi connectivity index (χ1v) is 10.0. The molecule has 0 aliphatic carbocycles. The molecule has 0 aliphatic heterocycles. The fourth-order valence-corrected chi connectivity index (χ4v) is 3.26. The van der Waals surface area contributed by atoms with Gasteiger partial charge in [-0.3, -0.25) is 29.1 Å². The van der Waals surface area contributed by atoms with Crippen molar-refractivity contribution in [1.29, 1.82) is 0 Å². The Kier molecular flexibility index (Phi) is 7.28. The van der Waals surface area contributed by atoms with Crippen LogP contribution in [0.15, 0.2) is 65.6 Å². The van der Waals surface area contributed by atoms with E-state index in [9.17, 15) is 37.7 Å². The van der Waals surface area contributed by atoms with Crippen molar-refractivity contribution in [3.8, 4) is 11.4 Å². The van der Waals surface area contributed by atoms with Crippen LogP contribution in [0.5, 0.6) is 0 Å². The Morgan fingerprint density at radius 1 is 1.11 bits per heavy atom. The van der Waals surface area contributed by atoms with E-state index in [-0.39, 0.29) is 22.8 Å². The van der Waals surface area contributed by atoms with Crippen LogP contribution in [0, 0.1) is 10.1 Å². The molecule has 0 fully saturated rings. The van der Waals surface area contributed by atoms with Gasteiger partial charge < -0.3 is 11.1 Å². The lowest BCUT2D eigenvalue weighted by Gasteiger charge is -2.20. The average molecular weight is 489 g/mol. The molecule has 1 heterocycles. The number of carbonyl (C=O) groups is 2. The van der Waals surface area contributed by atoms with E-state index in [4.69, 9.17) is 5.73 Å². The summed E-state index contributed by atoms with van der Waals surface area (Å²) in [7, 11) is 0. The van der Waals surface area contributed by atoms with E-state index >= 15 is 0 Å². The zero-order valence-electron chi connectivity index (χ0n) is 17.9. The third kappa shape index (κ3) is 6.07. The minimum atomic E-state index is -5.20. The maximum atomic E-state index is 13.1. The van der Waals surface area contributed by atoms with E-state index in [1.807, 2.05) is 5.32 Å². The number of rotatable bonds is 8. The molecule has 3 rings (SSSR count). The van der Waals surface area contributed by atoms with Crippen molar-refractivity contribution in [2.45, 2.75) is 25.2 Å². The first-order valence-electron chi connectivity index (χ1n) is 10.0. The van der Waals surface area contributed by atoms with Crippen molar-refractivity contribution in [3.05, 3.63) is 86.8 Å². The van der Waals surface area contributed by atoms with Gasteiger partial charge in [0.15, 0.2) is 0 Å². The topological polar surface area (TPSA) is 150 Å². The molecule has 1 aromatic heterocycles. The average Bonchev–Trinajstić information content (AvgIpc) is 2.81. The molecule has 35 heavy (non-hydrogen) atoms. The summed E-state index contributed by atoms with van der Waals surface area (Å²) in [6.45, 7) is -0.806. The van der Waals surface area contributed by atoms with Crippen LogP contribution in [-0.2, 0) is 22.6 Å². The number of ketones is 1. The molecular weight excluding hydrogens is 471 g/mol. The molecule has 3 aromatic rings. The highest BCUT2D eigenvalue weighted by atomic mass is 19.4. The third-order valence-electron chi connectivity index (χ3n) is 4.93. The largest absolute Gasteiger partial charge is 0.452 e. The Labute approximate surface area is 195 Å². The van der Waals surface area contributed by atoms with E-state index in [2.05, 4.69) is 4.98 Å². The van der Waals surface area contributed by atoms with Gasteiger partial charge in [-0.1, -0.05) is 30.3 Å². The van der Waals surface area contributed by atoms with Crippen LogP contribution in [0.1, 0.15) is 5.56 Å². The van der Waals surface area contributed by atoms with Gasteiger partial charge in [-0.15, -0.1) is 0 Å². The number of nitrogens with zero attached hydrogens (tertiary/aromatic N) is 3. The number of alkyl halides is 3. The molecule has 1 unspecified atom stereocenters. The molecular formula is C22H18F3N5O5. The van der Waals surface area contributed by atoms with Crippen LogP contribution in [0.3, 0.4) is 0 Å². The lowest BCUT2D eigenvalue weighted by Crippen LogP contribution is -2.49. The molecule has 10 nitrogen and oxygen atoms in total. The third-order valence-corrected chi connectivity index (χ3v) is 4.93. The second-order valence-electron chi connectivity index (χ2n) is 7.40. The van der Waals surface area contributed by atoms with Crippen molar-refractivity contribution in [3.63, 3.8) is 0 Å². The summed E-state index contributed by atoms with van der Waals surface area (Å²) in [5.74, 6) is -3.32. The molecule has 13 heteroatoms. The first-order chi connectivity index (χ1) is 16.5. The second kappa shape index (κ2) is 10.2. The first kappa shape index (κ1) is 25.1. The van der Waals surface area contributed by atoms with Gasteiger partial charge >= 0.3 is 6.18 Å². The Morgan fingerprint density at radius 3 is 2.31 bits per heavy atom. The molecule has 0 saturated carbocycles. The highest BCUT2D eigenvalue weighted by molar-refractivity contribution is 5.93. The van der Waals surface area contributed by atoms with Gasteiger partial charge in [-0.25, -0.2) is 4.98 Å². The number of nitro groups is 1. The van der Waals surface area contributed by atoms with Gasteiger partial charge in [0.2, 0.25) is 5.91 Å². The Balaban J connectivity index is 1.91. The van der Waals surface area contributed by atoms with E-state index in [0.29, 0.717) is 5.56 Å². The van der Waals surface area contributed by atoms with Gasteiger partial charge in [0.05, 0.1) is 11.1 Å². The molecule has 2 aromatic carbocycles. The van der Waals surface area contributed by atoms with Gasteiger partial charge in [-0.2, -0.15) is 13.2 Å². The molecule has 0 spiro atoms. The lowest BCUT2D eigenvalue weighted by molar-refractivity contribution is -0.384. The number of hydrogen-bond acceptors (Lipinski definition) is 7. The van der Waals surface area contributed by atoms with Crippen LogP contribution in [0.2, 0.25) is 0 Å². The summed E-state index contributed by atoms with van der Waals surface area (Å²) >= 11 is 0. The van der Waals surface area contributed by atoms with Crippen molar-refractivity contribution in [2.75, 3.05) is 5.73 Å². The van der Waals surface area contributed by atoms with Crippen molar-refractivity contribution in [2.24, 2.45) is 0 Å². The molecule has 0 aliphatic rings. The number of halogens is 3. The zero-order chi connectivity index (χ0) is 25.8. The van der Waals surface area contributed by atoms with Crippen LogP contribution in [0.25, 0.3) is 11.4 Å². The minimum absolute atomic E-state index is 0.101. The number of hydrogen-bond donors (Lipinski definition) is 2. The molecule has 3 N–H and O–H groups in total. The molecule has 182 valence electrons. The number of nitro benzene ring substituents is 1. The number of nitrogen functional groups attached to an aromatic ring is 1. The predicted molar refractivity (Wildman–Crippen MR) is 118 cm³/mol. The van der Waals surface area contributed by atoms with E-state index in [1.165, 1.54) is 24.3 Å². The number of anilines is 1. The van der Waals surface area contributed by atoms with Crippen LogP contribution >= 0.6 is 0 Å². The summed E-state index contributed by atoms with van der Waals surface area (Å²) in [5, 5.41) is 12.9. The fraction of sp³-hybridized carbons (Fsp3) is 0.182. The summed E-state index contributed by atoms with van der Waals surface area (Å²) in [4.78, 5) is 51.5. The summed E-state index contributed by atoms with van der Waals surface area (Å²) in [6.07, 6.45) is -4.60. The zero-order valence-corrected chi connectivity index (χ0v) is 17.9. The van der Waals surface area contributed by atoms with Crippen LogP contribution in [-0.4, -0.2) is 38.4 Å². The van der Waals surface area contributed by atoms with Crippen molar-refractivity contribution < 1.29 is 27.7 Å². The molecule has 0 saturated heterocycles. The van der Waals surface area contributed by atoms with Crippen molar-refractivity contribution in [1.82, 2.24) is 14.9 Å². The number of carbonyl (C=O) groups excluding carboxylic acids is 2. The normalized spacial score (nSPS) is 12.1. The number of amides is 1. The number of nitrogens with one attached hydrogen (secondary N) is 1.